The van der Waals surface area contributed by atoms with Gasteiger partial charge in [0, 0.05) is 31.6 Å². The minimum Gasteiger partial charge on any atom is -0.342 e. The van der Waals surface area contributed by atoms with Crippen LogP contribution in [0.4, 0.5) is 4.39 Å². The van der Waals surface area contributed by atoms with E-state index in [-0.39, 0.29) is 36.2 Å². The summed E-state index contributed by atoms with van der Waals surface area (Å²) in [6.45, 7) is 1.27. The van der Waals surface area contributed by atoms with Crippen molar-refractivity contribution < 1.29 is 13.7 Å². The highest BCUT2D eigenvalue weighted by Gasteiger charge is 2.28. The monoisotopic (exact) mass is 479 g/mol. The van der Waals surface area contributed by atoms with Crippen LogP contribution in [0, 0.1) is 10.6 Å². The summed E-state index contributed by atoms with van der Waals surface area (Å²) in [4.78, 5) is 35.0. The number of aromatic amines is 1. The Morgan fingerprint density at radius 3 is 2.94 bits per heavy atom. The van der Waals surface area contributed by atoms with Gasteiger partial charge in [0.05, 0.1) is 16.8 Å². The van der Waals surface area contributed by atoms with E-state index in [0.29, 0.717) is 46.0 Å². The SMILES string of the molecule is O=C(CCn1c(=S)[nH]c2ccccc2c1=O)N1CCCC(c2nc(-c3cccc(F)c3)no2)C1. The molecular formula is C24H22FN5O3S. The summed E-state index contributed by atoms with van der Waals surface area (Å²) in [5.74, 6) is 0.222. The fourth-order valence-electron chi connectivity index (χ4n) is 4.32. The number of H-pyrrole nitrogens is 1. The first kappa shape index (κ1) is 22.1. The Kier molecular flexibility index (Phi) is 6.06. The van der Waals surface area contributed by atoms with Crippen molar-refractivity contribution in [2.75, 3.05) is 13.1 Å². The highest BCUT2D eigenvalue weighted by Crippen LogP contribution is 2.28. The molecule has 3 heterocycles. The predicted octanol–water partition coefficient (Wildman–Crippen LogP) is 4.04. The van der Waals surface area contributed by atoms with Crippen molar-refractivity contribution in [1.29, 1.82) is 0 Å². The van der Waals surface area contributed by atoms with Gasteiger partial charge >= 0.3 is 0 Å². The van der Waals surface area contributed by atoms with Crippen LogP contribution >= 0.6 is 12.2 Å². The van der Waals surface area contributed by atoms with Gasteiger partial charge in [-0.25, -0.2) is 4.39 Å². The number of nitrogens with zero attached hydrogens (tertiary/aromatic N) is 4. The number of nitrogens with one attached hydrogen (secondary N) is 1. The maximum absolute atomic E-state index is 13.5. The van der Waals surface area contributed by atoms with E-state index in [9.17, 15) is 14.0 Å². The van der Waals surface area contributed by atoms with Crippen LogP contribution in [0.15, 0.2) is 57.8 Å². The standard InChI is InChI=1S/C24H22FN5O3S/c25-17-7-3-5-15(13-17)21-27-22(33-28-21)16-6-4-11-29(14-16)20(31)10-12-30-23(32)18-8-1-2-9-19(18)26-24(30)34/h1-3,5,7-9,13,16H,4,6,10-12,14H2,(H,26,34). The van der Waals surface area contributed by atoms with E-state index in [4.69, 9.17) is 16.7 Å². The van der Waals surface area contributed by atoms with Crippen molar-refractivity contribution in [1.82, 2.24) is 24.6 Å². The zero-order chi connectivity index (χ0) is 23.7. The lowest BCUT2D eigenvalue weighted by Gasteiger charge is -2.31. The zero-order valence-corrected chi connectivity index (χ0v) is 19.1. The van der Waals surface area contributed by atoms with Crippen molar-refractivity contribution in [3.05, 3.63) is 75.4 Å². The average Bonchev–Trinajstić information content (AvgIpc) is 3.34. The van der Waals surface area contributed by atoms with Gasteiger partial charge in [-0.3, -0.25) is 14.2 Å². The van der Waals surface area contributed by atoms with Gasteiger partial charge in [-0.1, -0.05) is 29.4 Å². The van der Waals surface area contributed by atoms with Gasteiger partial charge in [0.2, 0.25) is 17.6 Å². The normalized spacial score (nSPS) is 16.1. The van der Waals surface area contributed by atoms with Gasteiger partial charge in [-0.05, 0) is 49.3 Å². The minimum absolute atomic E-state index is 0.0657. The summed E-state index contributed by atoms with van der Waals surface area (Å²) in [6.07, 6.45) is 1.76. The number of carbonyl (C=O) groups excluding carboxylic acids is 1. The molecule has 5 rings (SSSR count). The van der Waals surface area contributed by atoms with E-state index < -0.39 is 0 Å². The largest absolute Gasteiger partial charge is 0.342 e. The lowest BCUT2D eigenvalue weighted by molar-refractivity contribution is -0.132. The van der Waals surface area contributed by atoms with Crippen molar-refractivity contribution >= 4 is 29.0 Å². The molecule has 2 aromatic carbocycles. The molecule has 10 heteroatoms. The molecule has 174 valence electrons. The third-order valence-electron chi connectivity index (χ3n) is 6.09. The minimum atomic E-state index is -0.372. The molecule has 1 amide bonds. The first-order valence-electron chi connectivity index (χ1n) is 11.1. The zero-order valence-electron chi connectivity index (χ0n) is 18.2. The van der Waals surface area contributed by atoms with Crippen LogP contribution in [0.5, 0.6) is 0 Å². The number of fused-ring (bicyclic) bond motifs is 1. The van der Waals surface area contributed by atoms with Gasteiger partial charge in [-0.2, -0.15) is 4.98 Å². The number of benzene rings is 2. The van der Waals surface area contributed by atoms with Gasteiger partial charge in [-0.15, -0.1) is 0 Å². The van der Waals surface area contributed by atoms with Crippen molar-refractivity contribution in [2.45, 2.75) is 31.7 Å². The van der Waals surface area contributed by atoms with Crippen LogP contribution in [0.25, 0.3) is 22.3 Å². The number of para-hydroxylation sites is 1. The first-order valence-corrected chi connectivity index (χ1v) is 11.5. The van der Waals surface area contributed by atoms with Crippen LogP contribution in [0.3, 0.4) is 0 Å². The third-order valence-corrected chi connectivity index (χ3v) is 6.41. The third kappa shape index (κ3) is 4.41. The highest BCUT2D eigenvalue weighted by molar-refractivity contribution is 7.71. The molecule has 34 heavy (non-hydrogen) atoms. The van der Waals surface area contributed by atoms with Crippen molar-refractivity contribution in [3.63, 3.8) is 0 Å². The molecule has 8 nitrogen and oxygen atoms in total. The van der Waals surface area contributed by atoms with Crippen molar-refractivity contribution in [3.8, 4) is 11.4 Å². The molecule has 1 N–H and O–H groups in total. The first-order chi connectivity index (χ1) is 16.5. The molecule has 1 atom stereocenters. The number of piperidine rings is 1. The smallest absolute Gasteiger partial charge is 0.262 e. The Bertz CT molecular complexity index is 1480. The molecule has 1 aliphatic heterocycles. The van der Waals surface area contributed by atoms with E-state index in [2.05, 4.69) is 15.1 Å². The topological polar surface area (TPSA) is 97.0 Å². The molecule has 4 aromatic rings. The summed E-state index contributed by atoms with van der Waals surface area (Å²) in [5.41, 5.74) is 1.01. The maximum Gasteiger partial charge on any atom is 0.262 e. The van der Waals surface area contributed by atoms with Crippen LogP contribution in [0.1, 0.15) is 31.1 Å². The van der Waals surface area contributed by atoms with E-state index in [1.54, 1.807) is 35.2 Å². The fraction of sp³-hybridized carbons (Fsp3) is 0.292. The van der Waals surface area contributed by atoms with Crippen LogP contribution in [-0.4, -0.2) is 43.6 Å². The summed E-state index contributed by atoms with van der Waals surface area (Å²) < 4.78 is 20.7. The second-order valence-electron chi connectivity index (χ2n) is 8.33. The molecule has 1 aliphatic rings. The summed E-state index contributed by atoms with van der Waals surface area (Å²) in [7, 11) is 0. The summed E-state index contributed by atoms with van der Waals surface area (Å²) in [6, 6.07) is 13.2. The Hall–Kier alpha value is -3.66. The van der Waals surface area contributed by atoms with E-state index in [1.165, 1.54) is 16.7 Å². The Balaban J connectivity index is 1.27. The summed E-state index contributed by atoms with van der Waals surface area (Å²) >= 11 is 5.34. The number of likely N-dealkylation sites (tertiary alicyclic amines) is 1. The van der Waals surface area contributed by atoms with Crippen LogP contribution in [-0.2, 0) is 11.3 Å². The van der Waals surface area contributed by atoms with Crippen molar-refractivity contribution in [2.24, 2.45) is 0 Å². The van der Waals surface area contributed by atoms with E-state index in [1.807, 2.05) is 6.07 Å². The lowest BCUT2D eigenvalue weighted by Crippen LogP contribution is -2.40. The molecule has 0 bridgehead atoms. The summed E-state index contributed by atoms with van der Waals surface area (Å²) in [5, 5.41) is 4.52. The van der Waals surface area contributed by atoms with Crippen LogP contribution in [0.2, 0.25) is 0 Å². The predicted molar refractivity (Wildman–Crippen MR) is 126 cm³/mol. The van der Waals surface area contributed by atoms with E-state index >= 15 is 0 Å². The van der Waals surface area contributed by atoms with Gasteiger partial charge in [0.15, 0.2) is 4.77 Å². The van der Waals surface area contributed by atoms with Gasteiger partial charge in [0.25, 0.3) is 5.56 Å². The molecule has 0 aliphatic carbocycles. The quantitative estimate of drug-likeness (QED) is 0.434. The number of carbonyl (C=O) groups is 1. The number of amides is 1. The molecule has 1 unspecified atom stereocenters. The molecule has 1 fully saturated rings. The van der Waals surface area contributed by atoms with Gasteiger partial charge in [0.1, 0.15) is 5.82 Å². The molecule has 2 aromatic heterocycles. The second kappa shape index (κ2) is 9.30. The molecule has 0 radical (unpaired) electrons. The number of hydrogen-bond donors (Lipinski definition) is 1. The maximum atomic E-state index is 13.5. The average molecular weight is 480 g/mol. The molecule has 0 spiro atoms. The Morgan fingerprint density at radius 2 is 2.09 bits per heavy atom. The number of hydrogen-bond acceptors (Lipinski definition) is 6. The Labute approximate surface area is 199 Å². The molecular weight excluding hydrogens is 457 g/mol. The second-order valence-corrected chi connectivity index (χ2v) is 8.71. The highest BCUT2D eigenvalue weighted by atomic mass is 32.1. The lowest BCUT2D eigenvalue weighted by atomic mass is 9.97. The molecule has 0 saturated carbocycles. The molecule has 1 saturated heterocycles. The number of halogens is 1. The van der Waals surface area contributed by atoms with Gasteiger partial charge < -0.3 is 14.4 Å². The Morgan fingerprint density at radius 1 is 1.24 bits per heavy atom. The van der Waals surface area contributed by atoms with E-state index in [0.717, 1.165) is 12.8 Å². The fourth-order valence-corrected chi connectivity index (χ4v) is 4.60. The number of rotatable bonds is 5. The van der Waals surface area contributed by atoms with Crippen LogP contribution < -0.4 is 5.56 Å². The number of aromatic nitrogens is 4.